The van der Waals surface area contributed by atoms with Gasteiger partial charge in [0.05, 0.1) is 16.7 Å². The smallest absolute Gasteiger partial charge is 0.242 e. The molecule has 110 valence electrons. The first-order chi connectivity index (χ1) is 9.92. The lowest BCUT2D eigenvalue weighted by molar-refractivity contribution is 0.580. The summed E-state index contributed by atoms with van der Waals surface area (Å²) in [6.45, 7) is 0.138. The van der Waals surface area contributed by atoms with Crippen molar-refractivity contribution in [2.45, 2.75) is 11.3 Å². The molecule has 0 saturated heterocycles. The summed E-state index contributed by atoms with van der Waals surface area (Å²) in [6, 6.07) is 5.96. The largest absolute Gasteiger partial charge is 0.256 e. The van der Waals surface area contributed by atoms with Gasteiger partial charge in [0.25, 0.3) is 0 Å². The van der Waals surface area contributed by atoms with E-state index in [1.807, 2.05) is 6.07 Å². The van der Waals surface area contributed by atoms with E-state index in [1.54, 1.807) is 7.05 Å². The second kappa shape index (κ2) is 6.22. The normalized spacial score (nSPS) is 11.3. The van der Waals surface area contributed by atoms with E-state index < -0.39 is 10.0 Å². The minimum atomic E-state index is -3.78. The highest BCUT2D eigenvalue weighted by molar-refractivity contribution is 7.89. The van der Waals surface area contributed by atoms with Crippen LogP contribution in [-0.2, 0) is 23.5 Å². The quantitative estimate of drug-likeness (QED) is 0.878. The maximum Gasteiger partial charge on any atom is 0.242 e. The van der Waals surface area contributed by atoms with Crippen molar-refractivity contribution >= 4 is 21.6 Å². The molecule has 0 aliphatic rings. The lowest BCUT2D eigenvalue weighted by Gasteiger charge is -2.07. The van der Waals surface area contributed by atoms with Crippen LogP contribution in [-0.4, -0.2) is 29.7 Å². The second-order valence-corrected chi connectivity index (χ2v) is 6.38. The van der Waals surface area contributed by atoms with Crippen molar-refractivity contribution in [1.29, 1.82) is 5.26 Å². The third-order valence-electron chi connectivity index (χ3n) is 2.64. The van der Waals surface area contributed by atoms with Gasteiger partial charge in [-0.2, -0.15) is 10.4 Å². The Hall–Kier alpha value is -1.95. The molecule has 0 spiro atoms. The summed E-state index contributed by atoms with van der Waals surface area (Å²) >= 11 is 5.88. The van der Waals surface area contributed by atoms with Crippen molar-refractivity contribution in [3.8, 4) is 6.07 Å². The molecule has 1 aromatic heterocycles. The summed E-state index contributed by atoms with van der Waals surface area (Å²) in [5.74, 6) is 0.539. The molecule has 0 unspecified atom stereocenters. The fourth-order valence-electron chi connectivity index (χ4n) is 1.65. The zero-order chi connectivity index (χ0) is 15.5. The van der Waals surface area contributed by atoms with Crippen molar-refractivity contribution in [3.63, 3.8) is 0 Å². The Bertz CT molecular complexity index is 794. The van der Waals surface area contributed by atoms with Crippen LogP contribution in [0.2, 0.25) is 5.02 Å². The van der Waals surface area contributed by atoms with Crippen LogP contribution in [0.3, 0.4) is 0 Å². The van der Waals surface area contributed by atoms with E-state index >= 15 is 0 Å². The predicted molar refractivity (Wildman–Crippen MR) is 76.1 cm³/mol. The van der Waals surface area contributed by atoms with Crippen LogP contribution < -0.4 is 4.72 Å². The molecule has 0 saturated carbocycles. The minimum Gasteiger partial charge on any atom is -0.256 e. The van der Waals surface area contributed by atoms with Crippen molar-refractivity contribution < 1.29 is 8.42 Å². The number of rotatable bonds is 5. The van der Waals surface area contributed by atoms with Gasteiger partial charge in [0, 0.05) is 20.0 Å². The van der Waals surface area contributed by atoms with Crippen LogP contribution in [0.4, 0.5) is 0 Å². The maximum absolute atomic E-state index is 12.2. The highest BCUT2D eigenvalue weighted by Crippen LogP contribution is 2.22. The zero-order valence-corrected chi connectivity index (χ0v) is 12.7. The van der Waals surface area contributed by atoms with Gasteiger partial charge < -0.3 is 0 Å². The fourth-order valence-corrected chi connectivity index (χ4v) is 3.21. The maximum atomic E-state index is 12.2. The van der Waals surface area contributed by atoms with Gasteiger partial charge in [-0.05, 0) is 18.2 Å². The van der Waals surface area contributed by atoms with Crippen LogP contribution in [0.15, 0.2) is 29.4 Å². The van der Waals surface area contributed by atoms with Crippen LogP contribution in [0.25, 0.3) is 0 Å². The number of aromatic nitrogens is 3. The van der Waals surface area contributed by atoms with E-state index in [4.69, 9.17) is 16.9 Å². The summed E-state index contributed by atoms with van der Waals surface area (Å²) in [4.78, 5) is 3.89. The number of benzene rings is 1. The van der Waals surface area contributed by atoms with Gasteiger partial charge in [0.1, 0.15) is 11.2 Å². The lowest BCUT2D eigenvalue weighted by Crippen LogP contribution is -2.26. The fraction of sp³-hybridized carbons (Fsp3) is 0.250. The molecule has 0 aliphatic heterocycles. The van der Waals surface area contributed by atoms with Gasteiger partial charge in [-0.15, -0.1) is 0 Å². The molecule has 0 fully saturated rings. The first-order valence-corrected chi connectivity index (χ1v) is 7.82. The molecule has 7 nitrogen and oxygen atoms in total. The predicted octanol–water partition coefficient (Wildman–Crippen LogP) is 0.861. The Balaban J connectivity index is 2.10. The topological polar surface area (TPSA) is 101 Å². The molecule has 0 atom stereocenters. The molecule has 2 rings (SSSR count). The van der Waals surface area contributed by atoms with E-state index in [1.165, 1.54) is 29.2 Å². The zero-order valence-electron chi connectivity index (χ0n) is 11.1. The van der Waals surface area contributed by atoms with Gasteiger partial charge in [0.15, 0.2) is 5.82 Å². The third-order valence-corrected chi connectivity index (χ3v) is 4.58. The molecule has 0 radical (unpaired) electrons. The van der Waals surface area contributed by atoms with Crippen molar-refractivity contribution in [3.05, 3.63) is 40.9 Å². The first-order valence-electron chi connectivity index (χ1n) is 5.96. The second-order valence-electron chi connectivity index (χ2n) is 4.24. The molecule has 2 aromatic rings. The molecule has 0 aliphatic carbocycles. The van der Waals surface area contributed by atoms with Gasteiger partial charge in [-0.1, -0.05) is 11.6 Å². The van der Waals surface area contributed by atoms with Crippen LogP contribution in [0.1, 0.15) is 11.4 Å². The van der Waals surface area contributed by atoms with Crippen molar-refractivity contribution in [2.75, 3.05) is 6.54 Å². The summed E-state index contributed by atoms with van der Waals surface area (Å²) in [7, 11) is -2.05. The van der Waals surface area contributed by atoms with Gasteiger partial charge in [-0.25, -0.2) is 18.1 Å². The Morgan fingerprint density at radius 1 is 1.48 bits per heavy atom. The molecule has 1 aromatic carbocycles. The van der Waals surface area contributed by atoms with E-state index in [-0.39, 0.29) is 22.0 Å². The van der Waals surface area contributed by atoms with Crippen molar-refractivity contribution in [2.24, 2.45) is 7.05 Å². The number of nitrogens with zero attached hydrogens (tertiary/aromatic N) is 4. The summed E-state index contributed by atoms with van der Waals surface area (Å²) in [5, 5.41) is 12.9. The Kier molecular flexibility index (Phi) is 4.57. The number of nitriles is 1. The SMILES string of the molecule is Cn1cnc(CCNS(=O)(=O)c2cc(C#N)ccc2Cl)n1. The molecular weight excluding hydrogens is 314 g/mol. The Morgan fingerprint density at radius 3 is 2.86 bits per heavy atom. The average molecular weight is 326 g/mol. The highest BCUT2D eigenvalue weighted by atomic mass is 35.5. The Labute approximate surface area is 127 Å². The number of nitrogens with one attached hydrogen (secondary N) is 1. The van der Waals surface area contributed by atoms with Gasteiger partial charge in [-0.3, -0.25) is 4.68 Å². The number of hydrogen-bond acceptors (Lipinski definition) is 5. The van der Waals surface area contributed by atoms with Gasteiger partial charge in [0.2, 0.25) is 10.0 Å². The highest BCUT2D eigenvalue weighted by Gasteiger charge is 2.18. The minimum absolute atomic E-state index is 0.0671. The number of hydrogen-bond donors (Lipinski definition) is 1. The molecule has 1 heterocycles. The molecular formula is C12H12ClN5O2S. The van der Waals surface area contributed by atoms with Crippen molar-refractivity contribution in [1.82, 2.24) is 19.5 Å². The molecule has 0 amide bonds. The van der Waals surface area contributed by atoms with Crippen LogP contribution >= 0.6 is 11.6 Å². The summed E-state index contributed by atoms with van der Waals surface area (Å²) in [6.07, 6.45) is 1.90. The standard InChI is InChI=1S/C12H12ClN5O2S/c1-18-8-15-12(17-18)4-5-16-21(19,20)11-6-9(7-14)2-3-10(11)13/h2-3,6,8,16H,4-5H2,1H3. The summed E-state index contributed by atoms with van der Waals surface area (Å²) in [5.41, 5.74) is 0.228. The van der Waals surface area contributed by atoms with E-state index in [0.717, 1.165) is 0 Å². The average Bonchev–Trinajstić information content (AvgIpc) is 2.84. The number of halogens is 1. The lowest BCUT2D eigenvalue weighted by atomic mass is 10.2. The first kappa shape index (κ1) is 15.4. The molecule has 21 heavy (non-hydrogen) atoms. The number of aryl methyl sites for hydroxylation is 1. The van der Waals surface area contributed by atoms with E-state index in [2.05, 4.69) is 14.8 Å². The molecule has 9 heteroatoms. The molecule has 0 bridgehead atoms. The monoisotopic (exact) mass is 325 g/mol. The molecule has 1 N–H and O–H groups in total. The van der Waals surface area contributed by atoms with Crippen LogP contribution in [0, 0.1) is 11.3 Å². The van der Waals surface area contributed by atoms with Crippen LogP contribution in [0.5, 0.6) is 0 Å². The van der Waals surface area contributed by atoms with E-state index in [9.17, 15) is 8.42 Å². The number of sulfonamides is 1. The van der Waals surface area contributed by atoms with Gasteiger partial charge >= 0.3 is 0 Å². The van der Waals surface area contributed by atoms with E-state index in [0.29, 0.717) is 12.2 Å². The Morgan fingerprint density at radius 2 is 2.24 bits per heavy atom. The summed E-state index contributed by atoms with van der Waals surface area (Å²) < 4.78 is 28.3. The third kappa shape index (κ3) is 3.78.